The van der Waals surface area contributed by atoms with E-state index in [-0.39, 0.29) is 40.6 Å². The van der Waals surface area contributed by atoms with Crippen LogP contribution in [0.4, 0.5) is 0 Å². The number of fused-ring (bicyclic) bond motifs is 12. The van der Waals surface area contributed by atoms with Crippen LogP contribution < -0.4 is 4.74 Å². The molecule has 6 heteroatoms. The number of aromatic nitrogens is 4. The molecule has 0 radical (unpaired) electrons. The van der Waals surface area contributed by atoms with Crippen LogP contribution in [0, 0.1) is 10.7 Å². The van der Waals surface area contributed by atoms with Gasteiger partial charge in [0.05, 0.1) is 6.85 Å². The summed E-state index contributed by atoms with van der Waals surface area (Å²) in [6.45, 7) is 1.89. The first-order chi connectivity index (χ1) is 37.0. The standard InChI is InChI=1S/C65H50N4O.Pt/c1-42-36-60(66-40-53(42)43-14-3-2-4-15-43)69-56-23-10-7-20-51(56)52-27-26-50(39-59(52)69)70-49-19-13-18-48(38-49)67-41-68(58-25-12-11-24-57(58)67)63-61-46(30-34-64(61)32-28-44-16-5-8-21-54(44)64)37-47-31-35-65(62(47)63)33-29-45-17-6-9-22-55(45)65;/h2-27,36-40H,28-35H2,1H3;/i2D,3D,4D,14D,15D;. The summed E-state index contributed by atoms with van der Waals surface area (Å²) in [6, 6.07) is 53.3. The van der Waals surface area contributed by atoms with E-state index in [1.807, 2.05) is 37.3 Å². The van der Waals surface area contributed by atoms with Gasteiger partial charge in [0.15, 0.2) is 0 Å². The molecule has 3 aromatic heterocycles. The predicted octanol–water partition coefficient (Wildman–Crippen LogP) is 15.1. The number of nitrogens with zero attached hydrogens (tertiary/aromatic N) is 4. The van der Waals surface area contributed by atoms with Gasteiger partial charge >= 0.3 is 354 Å². The van der Waals surface area contributed by atoms with Crippen LogP contribution in [0.25, 0.3) is 61.2 Å². The van der Waals surface area contributed by atoms with Crippen molar-refractivity contribution in [3.8, 4) is 39.8 Å². The monoisotopic (exact) mass is 1100 g/mol. The molecule has 5 nitrogen and oxygen atoms in total. The molecule has 4 aliphatic rings. The van der Waals surface area contributed by atoms with Gasteiger partial charge in [-0.05, 0) is 18.1 Å². The van der Waals surface area contributed by atoms with Crippen molar-refractivity contribution < 1.29 is 30.9 Å². The van der Waals surface area contributed by atoms with E-state index < -0.39 is 6.04 Å². The Bertz CT molecular complexity index is 4300. The van der Waals surface area contributed by atoms with E-state index in [2.05, 4.69) is 154 Å². The van der Waals surface area contributed by atoms with Gasteiger partial charge in [-0.1, -0.05) is 42.3 Å². The number of hydrogen-bond donors (Lipinski definition) is 0. The van der Waals surface area contributed by atoms with Crippen LogP contribution in [0.2, 0.25) is 0 Å². The van der Waals surface area contributed by atoms with Crippen molar-refractivity contribution in [3.05, 3.63) is 242 Å². The summed E-state index contributed by atoms with van der Waals surface area (Å²) in [4.78, 5) is 4.92. The molecule has 71 heavy (non-hydrogen) atoms. The zero-order chi connectivity index (χ0) is 51.4. The quantitative estimate of drug-likeness (QED) is 0.166. The normalized spacial score (nSPS) is 19.5. The van der Waals surface area contributed by atoms with Gasteiger partial charge in [0.2, 0.25) is 0 Å². The minimum atomic E-state index is -0.418. The summed E-state index contributed by atoms with van der Waals surface area (Å²) in [5.41, 5.74) is 20.1. The molecule has 15 rings (SSSR count). The van der Waals surface area contributed by atoms with Crippen molar-refractivity contribution in [3.63, 3.8) is 0 Å². The number of ether oxygens (including phenoxy) is 1. The van der Waals surface area contributed by atoms with Crippen molar-refractivity contribution in [2.45, 2.75) is 69.1 Å². The van der Waals surface area contributed by atoms with Gasteiger partial charge in [0.25, 0.3) is 0 Å². The van der Waals surface area contributed by atoms with Crippen LogP contribution >= 0.6 is 0 Å². The minimum absolute atomic E-state index is 0.0508. The molecule has 0 aliphatic heterocycles. The average Bonchev–Trinajstić information content (AvgIpc) is 4.48. The Morgan fingerprint density at radius 2 is 1.13 bits per heavy atom. The third-order valence-electron chi connectivity index (χ3n) is 16.8. The third-order valence-corrected chi connectivity index (χ3v) is 17.8. The van der Waals surface area contributed by atoms with Crippen molar-refractivity contribution in [1.82, 2.24) is 18.7 Å². The molecule has 2 atom stereocenters. The average molecular weight is 1100 g/mol. The predicted molar refractivity (Wildman–Crippen MR) is 282 cm³/mol. The van der Waals surface area contributed by atoms with Gasteiger partial charge in [-0.2, -0.15) is 0 Å². The molecule has 346 valence electrons. The second-order valence-electron chi connectivity index (χ2n) is 20.2. The summed E-state index contributed by atoms with van der Waals surface area (Å²) in [5, 5.41) is 2.09. The molecule has 0 N–H and O–H groups in total. The number of para-hydroxylation sites is 3. The Hall–Kier alpha value is -7.33. The Kier molecular flexibility index (Phi) is 8.03. The van der Waals surface area contributed by atoms with Gasteiger partial charge in [-0.3, -0.25) is 0 Å². The fourth-order valence-corrected chi connectivity index (χ4v) is 14.9. The molecule has 11 aromatic rings. The Morgan fingerprint density at radius 3 is 1.82 bits per heavy atom. The Labute approximate surface area is 431 Å². The third kappa shape index (κ3) is 5.96. The molecule has 2 unspecified atom stereocenters. The Balaban J connectivity index is 0.869. The topological polar surface area (TPSA) is 36.9 Å². The number of hydrogen-bond acceptors (Lipinski definition) is 2. The minimum Gasteiger partial charge on any atom is -0.0616 e. The fourth-order valence-electron chi connectivity index (χ4n) is 13.8. The maximum atomic E-state index is 8.66. The van der Waals surface area contributed by atoms with Gasteiger partial charge in [0.1, 0.15) is 0 Å². The number of aryl methyl sites for hydroxylation is 5. The second kappa shape index (κ2) is 15.6. The van der Waals surface area contributed by atoms with E-state index in [0.717, 1.165) is 93.7 Å². The molecule has 0 fully saturated rings. The van der Waals surface area contributed by atoms with E-state index >= 15 is 0 Å². The van der Waals surface area contributed by atoms with Crippen LogP contribution in [-0.2, 0) is 55.9 Å². The van der Waals surface area contributed by atoms with Crippen LogP contribution in [0.1, 0.15) is 82.6 Å². The molecule has 3 heterocycles. The summed E-state index contributed by atoms with van der Waals surface area (Å²) in [6.07, 6.45) is 10.5. The van der Waals surface area contributed by atoms with Crippen molar-refractivity contribution in [1.29, 1.82) is 0 Å². The SMILES string of the molecule is [2H]c1c([2H])c([2H])c(-c2cnc(-n3c4ccccc4c4ccc(Oc5cccc(-n6[c](=[Pt])n(-c7c8c(cc9c7C7(CCc%10ccccc%107)CC9)CCC87CCc8ccccc87)c7ccccc76)c5)cc43)cc2C)c([2H])c1[2H]. The van der Waals surface area contributed by atoms with Crippen LogP contribution in [-0.4, -0.2) is 18.7 Å². The summed E-state index contributed by atoms with van der Waals surface area (Å²) in [7, 11) is 0. The van der Waals surface area contributed by atoms with Crippen molar-refractivity contribution >= 4 is 32.8 Å². The van der Waals surface area contributed by atoms with E-state index in [9.17, 15) is 0 Å². The first kappa shape index (κ1) is 36.6. The number of rotatable bonds is 6. The molecule has 0 saturated heterocycles. The molecule has 2 spiro atoms. The van der Waals surface area contributed by atoms with Crippen molar-refractivity contribution in [2.75, 3.05) is 0 Å². The number of pyridine rings is 1. The molecule has 0 saturated carbocycles. The molecular formula is C65H50N4OPt. The Morgan fingerprint density at radius 1 is 0.535 bits per heavy atom. The summed E-state index contributed by atoms with van der Waals surface area (Å²) in [5.74, 6) is 2.02. The smallest absolute Gasteiger partial charge is 0.0616 e. The maximum absolute atomic E-state index is 8.66. The zero-order valence-electron chi connectivity index (χ0n) is 44.2. The fraction of sp³-hybridized carbons (Fsp3) is 0.169. The van der Waals surface area contributed by atoms with Gasteiger partial charge in [-0.25, -0.2) is 0 Å². The van der Waals surface area contributed by atoms with Crippen LogP contribution in [0.5, 0.6) is 11.5 Å². The molecule has 0 amide bonds. The van der Waals surface area contributed by atoms with Crippen molar-refractivity contribution in [2.24, 2.45) is 0 Å². The molecule has 4 aliphatic carbocycles. The van der Waals surface area contributed by atoms with Crippen LogP contribution in [0.15, 0.2) is 188 Å². The first-order valence-corrected chi connectivity index (χ1v) is 26.1. The first-order valence-electron chi connectivity index (χ1n) is 27.5. The van der Waals surface area contributed by atoms with Crippen LogP contribution in [0.3, 0.4) is 0 Å². The second-order valence-corrected chi connectivity index (χ2v) is 21.2. The van der Waals surface area contributed by atoms with Gasteiger partial charge < -0.3 is 0 Å². The number of benzene rings is 8. The van der Waals surface area contributed by atoms with Gasteiger partial charge in [-0.15, -0.1) is 0 Å². The van der Waals surface area contributed by atoms with Gasteiger partial charge in [0, 0.05) is 11.8 Å². The summed E-state index contributed by atoms with van der Waals surface area (Å²) < 4.78 is 57.3. The number of imidazole rings is 1. The molecule has 8 aromatic carbocycles. The van der Waals surface area contributed by atoms with E-state index in [1.165, 1.54) is 44.6 Å². The molecular weight excluding hydrogens is 1050 g/mol. The van der Waals surface area contributed by atoms with E-state index in [4.69, 9.17) is 16.6 Å². The summed E-state index contributed by atoms with van der Waals surface area (Å²) >= 11 is 2.62. The van der Waals surface area contributed by atoms with E-state index in [0.29, 0.717) is 22.9 Å². The zero-order valence-corrected chi connectivity index (χ0v) is 41.5. The molecule has 0 bridgehead atoms. The van der Waals surface area contributed by atoms with E-state index in [1.54, 1.807) is 17.3 Å².